The summed E-state index contributed by atoms with van der Waals surface area (Å²) in [5.41, 5.74) is 0.773. The second-order valence-electron chi connectivity index (χ2n) is 2.92. The SMILES string of the molecule is COc1ccc(/C=C/NC(=O)C(F)F)cc1. The van der Waals surface area contributed by atoms with Gasteiger partial charge in [0.15, 0.2) is 0 Å². The van der Waals surface area contributed by atoms with Gasteiger partial charge in [-0.15, -0.1) is 0 Å². The number of hydrogen-bond acceptors (Lipinski definition) is 2. The van der Waals surface area contributed by atoms with Crippen molar-refractivity contribution in [3.8, 4) is 5.75 Å². The van der Waals surface area contributed by atoms with E-state index in [2.05, 4.69) is 0 Å². The van der Waals surface area contributed by atoms with Crippen LogP contribution in [0.3, 0.4) is 0 Å². The van der Waals surface area contributed by atoms with Crippen molar-refractivity contribution in [1.29, 1.82) is 0 Å². The Balaban J connectivity index is 2.53. The summed E-state index contributed by atoms with van der Waals surface area (Å²) < 4.78 is 28.5. The van der Waals surface area contributed by atoms with Crippen molar-refractivity contribution >= 4 is 12.0 Å². The summed E-state index contributed by atoms with van der Waals surface area (Å²) in [5.74, 6) is -0.612. The minimum atomic E-state index is -3.00. The Hall–Kier alpha value is -1.91. The van der Waals surface area contributed by atoms with Gasteiger partial charge in [-0.25, -0.2) is 0 Å². The van der Waals surface area contributed by atoms with Crippen LogP contribution in [0.25, 0.3) is 6.08 Å². The van der Waals surface area contributed by atoms with Crippen molar-refractivity contribution in [2.75, 3.05) is 7.11 Å². The van der Waals surface area contributed by atoms with E-state index in [0.717, 1.165) is 5.56 Å². The maximum absolute atomic E-state index is 11.8. The molecule has 0 heterocycles. The first-order valence-corrected chi connectivity index (χ1v) is 4.52. The predicted octanol–water partition coefficient (Wildman–Crippen LogP) is 2.05. The normalized spacial score (nSPS) is 10.8. The molecule has 0 atom stereocenters. The first-order chi connectivity index (χ1) is 7.63. The third-order valence-electron chi connectivity index (χ3n) is 1.82. The fourth-order valence-corrected chi connectivity index (χ4v) is 0.998. The van der Waals surface area contributed by atoms with E-state index in [-0.39, 0.29) is 0 Å². The Morgan fingerprint density at radius 1 is 1.38 bits per heavy atom. The molecule has 1 N–H and O–H groups in total. The molecule has 0 aliphatic heterocycles. The van der Waals surface area contributed by atoms with Crippen LogP contribution >= 0.6 is 0 Å². The number of amides is 1. The Morgan fingerprint density at radius 2 is 2.00 bits per heavy atom. The lowest BCUT2D eigenvalue weighted by atomic mass is 10.2. The number of methoxy groups -OCH3 is 1. The van der Waals surface area contributed by atoms with Gasteiger partial charge in [0.05, 0.1) is 7.11 Å². The molecule has 1 aromatic carbocycles. The third kappa shape index (κ3) is 3.68. The number of carbonyl (C=O) groups is 1. The fourth-order valence-electron chi connectivity index (χ4n) is 0.998. The lowest BCUT2D eigenvalue weighted by Gasteiger charge is -1.99. The lowest BCUT2D eigenvalue weighted by molar-refractivity contribution is -0.130. The summed E-state index contributed by atoms with van der Waals surface area (Å²) in [6.45, 7) is 0. The molecule has 5 heteroatoms. The summed E-state index contributed by atoms with van der Waals surface area (Å²) in [5, 5.41) is 1.96. The summed E-state index contributed by atoms with van der Waals surface area (Å²) >= 11 is 0. The van der Waals surface area contributed by atoms with Gasteiger partial charge < -0.3 is 10.1 Å². The molecule has 0 radical (unpaired) electrons. The summed E-state index contributed by atoms with van der Waals surface area (Å²) in [6, 6.07) is 6.94. The number of rotatable bonds is 4. The number of benzene rings is 1. The maximum atomic E-state index is 11.8. The van der Waals surface area contributed by atoms with Crippen molar-refractivity contribution in [2.24, 2.45) is 0 Å². The molecular weight excluding hydrogens is 216 g/mol. The molecule has 0 saturated heterocycles. The van der Waals surface area contributed by atoms with Gasteiger partial charge in [-0.1, -0.05) is 12.1 Å². The van der Waals surface area contributed by atoms with Gasteiger partial charge in [0.2, 0.25) is 0 Å². The molecule has 0 unspecified atom stereocenters. The summed E-state index contributed by atoms with van der Waals surface area (Å²) in [7, 11) is 1.55. The van der Waals surface area contributed by atoms with Gasteiger partial charge >= 0.3 is 6.43 Å². The number of carbonyl (C=O) groups excluding carboxylic acids is 1. The Morgan fingerprint density at radius 3 is 2.50 bits per heavy atom. The highest BCUT2D eigenvalue weighted by atomic mass is 19.3. The van der Waals surface area contributed by atoms with Crippen LogP contribution in [0.4, 0.5) is 8.78 Å². The Kier molecular flexibility index (Phi) is 4.44. The molecule has 0 saturated carbocycles. The Bertz CT molecular complexity index is 374. The second kappa shape index (κ2) is 5.85. The van der Waals surface area contributed by atoms with Crippen molar-refractivity contribution < 1.29 is 18.3 Å². The van der Waals surface area contributed by atoms with Crippen molar-refractivity contribution in [3.63, 3.8) is 0 Å². The molecule has 0 aliphatic rings. The quantitative estimate of drug-likeness (QED) is 0.854. The van der Waals surface area contributed by atoms with E-state index >= 15 is 0 Å². The van der Waals surface area contributed by atoms with Gasteiger partial charge in [-0.05, 0) is 23.8 Å². The van der Waals surface area contributed by atoms with Crippen LogP contribution < -0.4 is 10.1 Å². The predicted molar refractivity (Wildman–Crippen MR) is 56.2 cm³/mol. The molecule has 0 aliphatic carbocycles. The lowest BCUT2D eigenvalue weighted by Crippen LogP contribution is -2.24. The number of ether oxygens (including phenoxy) is 1. The number of alkyl halides is 2. The van der Waals surface area contributed by atoms with Crippen molar-refractivity contribution in [2.45, 2.75) is 6.43 Å². The summed E-state index contributed by atoms with van der Waals surface area (Å²) in [6.07, 6.45) is -0.309. The van der Waals surface area contributed by atoms with Crippen LogP contribution in [-0.2, 0) is 4.79 Å². The molecule has 0 bridgehead atoms. The van der Waals surface area contributed by atoms with E-state index in [4.69, 9.17) is 4.74 Å². The number of halogens is 2. The monoisotopic (exact) mass is 227 g/mol. The van der Waals surface area contributed by atoms with Gasteiger partial charge in [0.1, 0.15) is 5.75 Å². The highest BCUT2D eigenvalue weighted by Crippen LogP contribution is 2.11. The van der Waals surface area contributed by atoms with Gasteiger partial charge in [0.25, 0.3) is 5.91 Å². The largest absolute Gasteiger partial charge is 0.497 e. The molecule has 1 aromatic rings. The van der Waals surface area contributed by atoms with Crippen LogP contribution in [0.5, 0.6) is 5.75 Å². The average Bonchev–Trinajstić information content (AvgIpc) is 2.29. The minimum absolute atomic E-state index is 0.703. The number of nitrogens with one attached hydrogen (secondary N) is 1. The van der Waals surface area contributed by atoms with E-state index in [9.17, 15) is 13.6 Å². The maximum Gasteiger partial charge on any atom is 0.315 e. The molecule has 1 rings (SSSR count). The van der Waals surface area contributed by atoms with E-state index in [1.54, 1.807) is 31.4 Å². The van der Waals surface area contributed by atoms with Crippen molar-refractivity contribution in [1.82, 2.24) is 5.32 Å². The van der Waals surface area contributed by atoms with E-state index in [1.807, 2.05) is 5.32 Å². The smallest absolute Gasteiger partial charge is 0.315 e. The van der Waals surface area contributed by atoms with E-state index < -0.39 is 12.3 Å². The topological polar surface area (TPSA) is 38.3 Å². The van der Waals surface area contributed by atoms with E-state index in [1.165, 1.54) is 12.3 Å². The summed E-state index contributed by atoms with van der Waals surface area (Å²) in [4.78, 5) is 10.5. The highest BCUT2D eigenvalue weighted by Gasteiger charge is 2.12. The van der Waals surface area contributed by atoms with Crippen LogP contribution in [-0.4, -0.2) is 19.4 Å². The van der Waals surface area contributed by atoms with Crippen LogP contribution in [0, 0.1) is 0 Å². The van der Waals surface area contributed by atoms with E-state index in [0.29, 0.717) is 5.75 Å². The molecule has 0 fully saturated rings. The van der Waals surface area contributed by atoms with Gasteiger partial charge in [-0.3, -0.25) is 4.79 Å². The first kappa shape index (κ1) is 12.2. The molecule has 3 nitrogen and oxygen atoms in total. The van der Waals surface area contributed by atoms with Crippen molar-refractivity contribution in [3.05, 3.63) is 36.0 Å². The zero-order valence-corrected chi connectivity index (χ0v) is 8.61. The molecule has 1 amide bonds. The molecular formula is C11H11F2NO2. The van der Waals surface area contributed by atoms with Crippen LogP contribution in [0.1, 0.15) is 5.56 Å². The Labute approximate surface area is 91.7 Å². The van der Waals surface area contributed by atoms with Gasteiger partial charge in [-0.2, -0.15) is 8.78 Å². The molecule has 16 heavy (non-hydrogen) atoms. The molecule has 0 spiro atoms. The third-order valence-corrected chi connectivity index (χ3v) is 1.82. The first-order valence-electron chi connectivity index (χ1n) is 4.52. The van der Waals surface area contributed by atoms with Crippen LogP contribution in [0.15, 0.2) is 30.5 Å². The number of hydrogen-bond donors (Lipinski definition) is 1. The second-order valence-corrected chi connectivity index (χ2v) is 2.92. The van der Waals surface area contributed by atoms with Crippen LogP contribution in [0.2, 0.25) is 0 Å². The standard InChI is InChI=1S/C11H11F2NO2/c1-16-9-4-2-8(3-5-9)6-7-14-11(15)10(12)13/h2-7,10H,1H3,(H,14,15)/b7-6+. The molecule has 86 valence electrons. The fraction of sp³-hybridized carbons (Fsp3) is 0.182. The zero-order chi connectivity index (χ0) is 12.0. The zero-order valence-electron chi connectivity index (χ0n) is 8.61. The minimum Gasteiger partial charge on any atom is -0.497 e. The van der Waals surface area contributed by atoms with Gasteiger partial charge in [0, 0.05) is 6.20 Å². The average molecular weight is 227 g/mol. The highest BCUT2D eigenvalue weighted by molar-refractivity contribution is 5.80. The molecule has 0 aromatic heterocycles.